The molecule has 3 rings (SSSR count). The Morgan fingerprint density at radius 2 is 1.77 bits per heavy atom. The van der Waals surface area contributed by atoms with E-state index in [0.29, 0.717) is 17.5 Å². The van der Waals surface area contributed by atoms with Crippen LogP contribution in [0.25, 0.3) is 0 Å². The average molecular weight is 375 g/mol. The smallest absolute Gasteiger partial charge is 0.258 e. The molecular formula is C18H13ClF2N4O. The van der Waals surface area contributed by atoms with Gasteiger partial charge in [0, 0.05) is 35.7 Å². The van der Waals surface area contributed by atoms with E-state index in [9.17, 15) is 13.6 Å². The van der Waals surface area contributed by atoms with Crippen molar-refractivity contribution in [2.75, 3.05) is 10.6 Å². The highest BCUT2D eigenvalue weighted by Gasteiger charge is 2.10. The summed E-state index contributed by atoms with van der Waals surface area (Å²) in [6, 6.07) is 10.5. The molecule has 2 N–H and O–H groups in total. The molecule has 0 aliphatic carbocycles. The van der Waals surface area contributed by atoms with Gasteiger partial charge in [0.15, 0.2) is 11.6 Å². The van der Waals surface area contributed by atoms with Crippen LogP contribution in [-0.4, -0.2) is 15.9 Å². The van der Waals surface area contributed by atoms with Crippen molar-refractivity contribution in [3.8, 4) is 0 Å². The summed E-state index contributed by atoms with van der Waals surface area (Å²) >= 11 is 6.07. The highest BCUT2D eigenvalue weighted by atomic mass is 35.5. The third-order valence-corrected chi connectivity index (χ3v) is 3.86. The molecule has 0 fully saturated rings. The minimum Gasteiger partial charge on any atom is -0.350 e. The highest BCUT2D eigenvalue weighted by molar-refractivity contribution is 6.31. The lowest BCUT2D eigenvalue weighted by atomic mass is 10.2. The number of nitrogens with zero attached hydrogens (tertiary/aromatic N) is 2. The number of aromatic nitrogens is 2. The van der Waals surface area contributed by atoms with E-state index in [-0.39, 0.29) is 11.3 Å². The number of benzene rings is 2. The molecule has 1 heterocycles. The standard InChI is InChI=1S/C18H13ClF2N4O/c19-14-4-2-1-3-11(14)8-22-18-23-9-12(10-24-18)17(26)25-13-5-6-15(20)16(21)7-13/h1-7,9-10H,8H2,(H,25,26)(H,22,23,24). The van der Waals surface area contributed by atoms with Crippen LogP contribution in [0.2, 0.25) is 5.02 Å². The largest absolute Gasteiger partial charge is 0.350 e. The van der Waals surface area contributed by atoms with Crippen LogP contribution in [0.4, 0.5) is 20.4 Å². The summed E-state index contributed by atoms with van der Waals surface area (Å²) in [7, 11) is 0. The van der Waals surface area contributed by atoms with Gasteiger partial charge in [0.1, 0.15) is 0 Å². The Kier molecular flexibility index (Phi) is 5.38. The molecule has 1 aromatic heterocycles. The van der Waals surface area contributed by atoms with Gasteiger partial charge in [-0.25, -0.2) is 18.7 Å². The van der Waals surface area contributed by atoms with E-state index in [4.69, 9.17) is 11.6 Å². The first-order valence-corrected chi connectivity index (χ1v) is 7.96. The molecular weight excluding hydrogens is 362 g/mol. The first-order chi connectivity index (χ1) is 12.5. The van der Waals surface area contributed by atoms with Gasteiger partial charge in [-0.1, -0.05) is 29.8 Å². The minimum atomic E-state index is -1.04. The Labute approximate surface area is 153 Å². The molecule has 132 valence electrons. The van der Waals surface area contributed by atoms with E-state index in [1.165, 1.54) is 18.5 Å². The van der Waals surface area contributed by atoms with Crippen LogP contribution in [0.15, 0.2) is 54.9 Å². The molecule has 0 saturated heterocycles. The Morgan fingerprint density at radius 3 is 2.46 bits per heavy atom. The number of amides is 1. The number of anilines is 2. The summed E-state index contributed by atoms with van der Waals surface area (Å²) in [6.07, 6.45) is 2.66. The molecule has 0 spiro atoms. The zero-order valence-electron chi connectivity index (χ0n) is 13.3. The number of nitrogens with one attached hydrogen (secondary N) is 2. The first kappa shape index (κ1) is 17.8. The first-order valence-electron chi connectivity index (χ1n) is 7.58. The Hall–Kier alpha value is -3.06. The van der Waals surface area contributed by atoms with Crippen molar-refractivity contribution < 1.29 is 13.6 Å². The maximum atomic E-state index is 13.2. The van der Waals surface area contributed by atoms with Crippen molar-refractivity contribution in [2.45, 2.75) is 6.54 Å². The molecule has 1 amide bonds. The van der Waals surface area contributed by atoms with Crippen molar-refractivity contribution in [1.29, 1.82) is 0 Å². The maximum Gasteiger partial charge on any atom is 0.258 e. The van der Waals surface area contributed by atoms with Gasteiger partial charge >= 0.3 is 0 Å². The Balaban J connectivity index is 1.62. The number of halogens is 3. The number of carbonyl (C=O) groups is 1. The summed E-state index contributed by atoms with van der Waals surface area (Å²) in [5.74, 6) is -2.23. The monoisotopic (exact) mass is 374 g/mol. The SMILES string of the molecule is O=C(Nc1ccc(F)c(F)c1)c1cnc(NCc2ccccc2Cl)nc1. The third kappa shape index (κ3) is 4.31. The van der Waals surface area contributed by atoms with Crippen molar-refractivity contribution in [1.82, 2.24) is 9.97 Å². The molecule has 0 aliphatic heterocycles. The fourth-order valence-electron chi connectivity index (χ4n) is 2.13. The summed E-state index contributed by atoms with van der Waals surface area (Å²) in [4.78, 5) is 20.2. The lowest BCUT2D eigenvalue weighted by Crippen LogP contribution is -2.13. The fraction of sp³-hybridized carbons (Fsp3) is 0.0556. The van der Waals surface area contributed by atoms with Gasteiger partial charge in [-0.05, 0) is 23.8 Å². The molecule has 0 atom stereocenters. The predicted octanol–water partition coefficient (Wildman–Crippen LogP) is 4.27. The summed E-state index contributed by atoms with van der Waals surface area (Å²) in [5.41, 5.74) is 1.20. The van der Waals surface area contributed by atoms with E-state index in [1.807, 2.05) is 18.2 Å². The Morgan fingerprint density at radius 1 is 1.04 bits per heavy atom. The molecule has 26 heavy (non-hydrogen) atoms. The lowest BCUT2D eigenvalue weighted by Gasteiger charge is -2.08. The zero-order valence-corrected chi connectivity index (χ0v) is 14.1. The second-order valence-electron chi connectivity index (χ2n) is 5.32. The van der Waals surface area contributed by atoms with E-state index in [2.05, 4.69) is 20.6 Å². The maximum absolute atomic E-state index is 13.2. The van der Waals surface area contributed by atoms with Crippen LogP contribution in [0.5, 0.6) is 0 Å². The van der Waals surface area contributed by atoms with E-state index < -0.39 is 17.5 Å². The zero-order chi connectivity index (χ0) is 18.5. The highest BCUT2D eigenvalue weighted by Crippen LogP contribution is 2.16. The molecule has 0 unspecified atom stereocenters. The number of hydrogen-bond donors (Lipinski definition) is 2. The third-order valence-electron chi connectivity index (χ3n) is 3.49. The molecule has 8 heteroatoms. The van der Waals surface area contributed by atoms with Crippen LogP contribution in [0.1, 0.15) is 15.9 Å². The van der Waals surface area contributed by atoms with E-state index >= 15 is 0 Å². The number of rotatable bonds is 5. The fourth-order valence-corrected chi connectivity index (χ4v) is 2.33. The van der Waals surface area contributed by atoms with Crippen LogP contribution in [0, 0.1) is 11.6 Å². The van der Waals surface area contributed by atoms with Crippen molar-refractivity contribution >= 4 is 29.1 Å². The quantitative estimate of drug-likeness (QED) is 0.699. The van der Waals surface area contributed by atoms with Crippen LogP contribution in [-0.2, 0) is 6.54 Å². The number of hydrogen-bond acceptors (Lipinski definition) is 4. The summed E-state index contributed by atoms with van der Waals surface area (Å²) in [6.45, 7) is 0.431. The topological polar surface area (TPSA) is 66.9 Å². The summed E-state index contributed by atoms with van der Waals surface area (Å²) in [5, 5.41) is 6.08. The predicted molar refractivity (Wildman–Crippen MR) is 95.1 cm³/mol. The van der Waals surface area contributed by atoms with E-state index in [0.717, 1.165) is 17.7 Å². The average Bonchev–Trinajstić information content (AvgIpc) is 2.64. The van der Waals surface area contributed by atoms with Gasteiger partial charge in [0.25, 0.3) is 5.91 Å². The molecule has 5 nitrogen and oxygen atoms in total. The van der Waals surface area contributed by atoms with E-state index in [1.54, 1.807) is 6.07 Å². The molecule has 0 radical (unpaired) electrons. The molecule has 2 aromatic carbocycles. The lowest BCUT2D eigenvalue weighted by molar-refractivity contribution is 0.102. The second-order valence-corrected chi connectivity index (χ2v) is 5.73. The molecule has 0 bridgehead atoms. The molecule has 3 aromatic rings. The number of carbonyl (C=O) groups excluding carboxylic acids is 1. The minimum absolute atomic E-state index is 0.134. The van der Waals surface area contributed by atoms with Gasteiger partial charge in [-0.2, -0.15) is 0 Å². The van der Waals surface area contributed by atoms with Gasteiger partial charge in [0.2, 0.25) is 5.95 Å². The second kappa shape index (κ2) is 7.88. The van der Waals surface area contributed by atoms with Gasteiger partial charge in [0.05, 0.1) is 5.56 Å². The Bertz CT molecular complexity index is 935. The van der Waals surface area contributed by atoms with Crippen molar-refractivity contribution in [3.05, 3.63) is 82.6 Å². The summed E-state index contributed by atoms with van der Waals surface area (Å²) < 4.78 is 26.1. The van der Waals surface area contributed by atoms with Gasteiger partial charge in [-0.3, -0.25) is 4.79 Å². The normalized spacial score (nSPS) is 10.4. The molecule has 0 saturated carbocycles. The van der Waals surface area contributed by atoms with Crippen LogP contribution < -0.4 is 10.6 Å². The van der Waals surface area contributed by atoms with Gasteiger partial charge < -0.3 is 10.6 Å². The van der Waals surface area contributed by atoms with Crippen molar-refractivity contribution in [3.63, 3.8) is 0 Å². The van der Waals surface area contributed by atoms with Gasteiger partial charge in [-0.15, -0.1) is 0 Å². The van der Waals surface area contributed by atoms with Crippen LogP contribution in [0.3, 0.4) is 0 Å². The van der Waals surface area contributed by atoms with Crippen molar-refractivity contribution in [2.24, 2.45) is 0 Å². The molecule has 0 aliphatic rings. The van der Waals surface area contributed by atoms with Crippen LogP contribution >= 0.6 is 11.6 Å².